The van der Waals surface area contributed by atoms with Gasteiger partial charge in [0.25, 0.3) is 0 Å². The number of fused-ring (bicyclic) bond motifs is 2. The van der Waals surface area contributed by atoms with E-state index < -0.39 is 23.9 Å². The molecule has 180 valence electrons. The summed E-state index contributed by atoms with van der Waals surface area (Å²) in [6.45, 7) is 4.40. The molecule has 0 saturated heterocycles. The highest BCUT2D eigenvalue weighted by Gasteiger charge is 2.36. The minimum absolute atomic E-state index is 0.146. The van der Waals surface area contributed by atoms with Crippen LogP contribution in [-0.2, 0) is 9.47 Å². The van der Waals surface area contributed by atoms with Crippen molar-refractivity contribution >= 4 is 23.9 Å². The Kier molecular flexibility index (Phi) is 8.79. The van der Waals surface area contributed by atoms with Crippen molar-refractivity contribution in [1.29, 1.82) is 0 Å². The molecule has 8 nitrogen and oxygen atoms in total. The predicted octanol–water partition coefficient (Wildman–Crippen LogP) is 5.87. The quantitative estimate of drug-likeness (QED) is 0.207. The number of hydrogen-bond donors (Lipinski definition) is 0. The highest BCUT2D eigenvalue weighted by atomic mass is 16.7. The Labute approximate surface area is 198 Å². The fourth-order valence-corrected chi connectivity index (χ4v) is 3.59. The Morgan fingerprint density at radius 1 is 0.647 bits per heavy atom. The molecule has 1 aliphatic rings. The lowest BCUT2D eigenvalue weighted by molar-refractivity contribution is 0.0905. The van der Waals surface area contributed by atoms with Crippen LogP contribution in [0.2, 0.25) is 0 Å². The number of ether oxygens (including phenoxy) is 4. The third-order valence-electron chi connectivity index (χ3n) is 5.32. The van der Waals surface area contributed by atoms with E-state index in [1.54, 1.807) is 12.1 Å². The van der Waals surface area contributed by atoms with Crippen LogP contribution < -0.4 is 9.47 Å². The van der Waals surface area contributed by atoms with Crippen LogP contribution in [0.4, 0.5) is 9.59 Å². The van der Waals surface area contributed by atoms with Crippen LogP contribution in [0.25, 0.3) is 0 Å². The molecule has 1 aliphatic carbocycles. The average Bonchev–Trinajstić information content (AvgIpc) is 2.84. The summed E-state index contributed by atoms with van der Waals surface area (Å²) in [5, 5.41) is 0. The Morgan fingerprint density at radius 2 is 1.06 bits per heavy atom. The molecule has 0 aromatic heterocycles. The topological polar surface area (TPSA) is 105 Å². The first kappa shape index (κ1) is 25.0. The normalized spacial score (nSPS) is 11.9. The van der Waals surface area contributed by atoms with Gasteiger partial charge in [-0.1, -0.05) is 63.8 Å². The van der Waals surface area contributed by atoms with Crippen LogP contribution >= 0.6 is 0 Å². The molecule has 3 rings (SSSR count). The van der Waals surface area contributed by atoms with Gasteiger partial charge in [0, 0.05) is 11.1 Å². The second kappa shape index (κ2) is 12.0. The van der Waals surface area contributed by atoms with Gasteiger partial charge in [-0.25, -0.2) is 9.59 Å². The molecule has 0 bridgehead atoms. The number of carbonyl (C=O) groups is 4. The van der Waals surface area contributed by atoms with Gasteiger partial charge in [0.1, 0.15) is 11.5 Å². The van der Waals surface area contributed by atoms with E-state index in [0.717, 1.165) is 25.7 Å². The van der Waals surface area contributed by atoms with Gasteiger partial charge in [0.2, 0.25) is 0 Å². The first-order valence-corrected chi connectivity index (χ1v) is 11.5. The van der Waals surface area contributed by atoms with Gasteiger partial charge >= 0.3 is 12.3 Å². The van der Waals surface area contributed by atoms with Crippen molar-refractivity contribution in [2.45, 2.75) is 52.4 Å². The van der Waals surface area contributed by atoms with Crippen molar-refractivity contribution in [3.63, 3.8) is 0 Å². The third-order valence-corrected chi connectivity index (χ3v) is 5.32. The number of carbonyl (C=O) groups excluding carboxylic acids is 4. The molecule has 2 aromatic carbocycles. The zero-order valence-electron chi connectivity index (χ0n) is 19.4. The van der Waals surface area contributed by atoms with Gasteiger partial charge in [-0.2, -0.15) is 0 Å². The van der Waals surface area contributed by atoms with E-state index in [4.69, 9.17) is 18.9 Å². The second-order valence-electron chi connectivity index (χ2n) is 7.83. The Balaban J connectivity index is 1.90. The summed E-state index contributed by atoms with van der Waals surface area (Å²) in [4.78, 5) is 50.9. The van der Waals surface area contributed by atoms with Gasteiger partial charge in [0.15, 0.2) is 11.6 Å². The lowest BCUT2D eigenvalue weighted by Crippen LogP contribution is -2.25. The third kappa shape index (κ3) is 5.81. The Morgan fingerprint density at radius 3 is 1.44 bits per heavy atom. The predicted molar refractivity (Wildman–Crippen MR) is 123 cm³/mol. The largest absolute Gasteiger partial charge is 0.513 e. The van der Waals surface area contributed by atoms with E-state index in [1.807, 2.05) is 13.8 Å². The summed E-state index contributed by atoms with van der Waals surface area (Å²) < 4.78 is 20.7. The smallest absolute Gasteiger partial charge is 0.434 e. The van der Waals surface area contributed by atoms with Crippen molar-refractivity contribution < 1.29 is 38.1 Å². The highest BCUT2D eigenvalue weighted by Crippen LogP contribution is 2.39. The number of ketones is 2. The van der Waals surface area contributed by atoms with E-state index in [-0.39, 0.29) is 47.0 Å². The molecular weight excluding hydrogens is 440 g/mol. The maximum Gasteiger partial charge on any atom is 0.513 e. The molecule has 0 amide bonds. The molecule has 0 fully saturated rings. The van der Waals surface area contributed by atoms with Crippen molar-refractivity contribution in [3.05, 3.63) is 58.7 Å². The molecule has 0 N–H and O–H groups in total. The van der Waals surface area contributed by atoms with E-state index >= 15 is 0 Å². The standard InChI is InChI=1S/C26H28O8/c1-3-5-9-15-31-25(29)33-19-13-14-20(34-26(30)32-16-10-6-4-2)22-21(19)23(27)17-11-7-8-12-18(17)24(22)28/h7-8,11-14H,3-6,9-10,15-16H2,1-2H3. The van der Waals surface area contributed by atoms with Crippen molar-refractivity contribution in [2.75, 3.05) is 13.2 Å². The highest BCUT2D eigenvalue weighted by molar-refractivity contribution is 6.30. The zero-order valence-corrected chi connectivity index (χ0v) is 19.4. The van der Waals surface area contributed by atoms with E-state index in [1.165, 1.54) is 24.3 Å². The molecule has 0 radical (unpaired) electrons. The molecule has 0 saturated carbocycles. The summed E-state index contributed by atoms with van der Waals surface area (Å²) in [7, 11) is 0. The maximum absolute atomic E-state index is 13.3. The lowest BCUT2D eigenvalue weighted by Gasteiger charge is -2.21. The molecular formula is C26H28O8. The maximum atomic E-state index is 13.3. The summed E-state index contributed by atoms with van der Waals surface area (Å²) in [5.41, 5.74) is 0.0110. The van der Waals surface area contributed by atoms with Gasteiger partial charge in [-0.05, 0) is 25.0 Å². The first-order chi connectivity index (χ1) is 16.5. The SMILES string of the molecule is CCCCCOC(=O)Oc1ccc(OC(=O)OCCCCC)c2c1C(=O)c1ccccc1C2=O. The first-order valence-electron chi connectivity index (χ1n) is 11.5. The van der Waals surface area contributed by atoms with Crippen molar-refractivity contribution in [2.24, 2.45) is 0 Å². The fraction of sp³-hybridized carbons (Fsp3) is 0.385. The summed E-state index contributed by atoms with van der Waals surface area (Å²) >= 11 is 0. The number of rotatable bonds is 10. The second-order valence-corrected chi connectivity index (χ2v) is 7.83. The minimum atomic E-state index is -0.985. The zero-order chi connectivity index (χ0) is 24.5. The number of benzene rings is 2. The molecule has 34 heavy (non-hydrogen) atoms. The molecule has 0 spiro atoms. The van der Waals surface area contributed by atoms with Gasteiger partial charge in [-0.3, -0.25) is 9.59 Å². The van der Waals surface area contributed by atoms with Crippen LogP contribution in [-0.4, -0.2) is 37.1 Å². The summed E-state index contributed by atoms with van der Waals surface area (Å²) in [6.07, 6.45) is 3.11. The molecule has 2 aromatic rings. The minimum Gasteiger partial charge on any atom is -0.434 e. The number of hydrogen-bond acceptors (Lipinski definition) is 8. The van der Waals surface area contributed by atoms with Crippen molar-refractivity contribution in [1.82, 2.24) is 0 Å². The fourth-order valence-electron chi connectivity index (χ4n) is 3.59. The average molecular weight is 469 g/mol. The molecule has 0 heterocycles. The van der Waals surface area contributed by atoms with Gasteiger partial charge in [0.05, 0.1) is 24.3 Å². The van der Waals surface area contributed by atoms with Crippen LogP contribution in [0.1, 0.15) is 84.2 Å². The molecule has 0 aliphatic heterocycles. The lowest BCUT2D eigenvalue weighted by atomic mass is 9.83. The van der Waals surface area contributed by atoms with E-state index in [2.05, 4.69) is 0 Å². The number of unbranched alkanes of at least 4 members (excludes halogenated alkanes) is 4. The molecule has 0 atom stereocenters. The molecule has 0 unspecified atom stereocenters. The van der Waals surface area contributed by atoms with Gasteiger partial charge < -0.3 is 18.9 Å². The van der Waals surface area contributed by atoms with Crippen molar-refractivity contribution in [3.8, 4) is 11.5 Å². The van der Waals surface area contributed by atoms with Crippen LogP contribution in [0, 0.1) is 0 Å². The summed E-state index contributed by atoms with van der Waals surface area (Å²) in [6, 6.07) is 8.88. The Bertz CT molecular complexity index is 988. The van der Waals surface area contributed by atoms with E-state index in [0.29, 0.717) is 12.8 Å². The van der Waals surface area contributed by atoms with Crippen LogP contribution in [0.3, 0.4) is 0 Å². The monoisotopic (exact) mass is 468 g/mol. The van der Waals surface area contributed by atoms with E-state index in [9.17, 15) is 19.2 Å². The molecule has 8 heteroatoms. The van der Waals surface area contributed by atoms with Gasteiger partial charge in [-0.15, -0.1) is 0 Å². The summed E-state index contributed by atoms with van der Waals surface area (Å²) in [5.74, 6) is -1.35. The van der Waals surface area contributed by atoms with Crippen LogP contribution in [0.5, 0.6) is 11.5 Å². The Hall–Kier alpha value is -3.68. The van der Waals surface area contributed by atoms with Crippen LogP contribution in [0.15, 0.2) is 36.4 Å².